The van der Waals surface area contributed by atoms with E-state index in [1.807, 2.05) is 31.4 Å². The lowest BCUT2D eigenvalue weighted by atomic mass is 10.0. The van der Waals surface area contributed by atoms with E-state index in [1.54, 1.807) is 42.7 Å². The minimum Gasteiger partial charge on any atom is -0.497 e. The molecule has 0 aliphatic heterocycles. The molecule has 2 aromatic rings. The van der Waals surface area contributed by atoms with E-state index >= 15 is 0 Å². The summed E-state index contributed by atoms with van der Waals surface area (Å²) in [7, 11) is 1.61. The molecule has 4 heteroatoms. The highest BCUT2D eigenvalue weighted by Gasteiger charge is 2.24. The SMILES string of the molecule is COc1ccc(C(=O)NC(C)(C)c2cccs2)cc1. The molecular formula is C15H17NO2S. The van der Waals surface area contributed by atoms with Crippen LogP contribution in [0, 0.1) is 0 Å². The maximum absolute atomic E-state index is 12.2. The van der Waals surface area contributed by atoms with E-state index in [1.165, 1.54) is 0 Å². The van der Waals surface area contributed by atoms with Gasteiger partial charge in [-0.05, 0) is 49.6 Å². The number of hydrogen-bond acceptors (Lipinski definition) is 3. The zero-order valence-corrected chi connectivity index (χ0v) is 12.1. The van der Waals surface area contributed by atoms with E-state index < -0.39 is 0 Å². The fourth-order valence-corrected chi connectivity index (χ4v) is 2.60. The van der Waals surface area contributed by atoms with Crippen molar-refractivity contribution < 1.29 is 9.53 Å². The van der Waals surface area contributed by atoms with Crippen molar-refractivity contribution in [3.63, 3.8) is 0 Å². The van der Waals surface area contributed by atoms with Crippen molar-refractivity contribution >= 4 is 17.2 Å². The molecule has 0 spiro atoms. The number of carbonyl (C=O) groups is 1. The molecule has 1 aromatic carbocycles. The van der Waals surface area contributed by atoms with Gasteiger partial charge in [-0.15, -0.1) is 11.3 Å². The van der Waals surface area contributed by atoms with Gasteiger partial charge in [-0.3, -0.25) is 4.79 Å². The number of methoxy groups -OCH3 is 1. The van der Waals surface area contributed by atoms with Gasteiger partial charge < -0.3 is 10.1 Å². The smallest absolute Gasteiger partial charge is 0.251 e. The van der Waals surface area contributed by atoms with Crippen LogP contribution in [0.5, 0.6) is 5.75 Å². The summed E-state index contributed by atoms with van der Waals surface area (Å²) in [6, 6.07) is 11.1. The van der Waals surface area contributed by atoms with Crippen molar-refractivity contribution in [1.29, 1.82) is 0 Å². The van der Waals surface area contributed by atoms with Crippen molar-refractivity contribution in [3.8, 4) is 5.75 Å². The normalized spacial score (nSPS) is 11.1. The average Bonchev–Trinajstić information content (AvgIpc) is 2.93. The topological polar surface area (TPSA) is 38.3 Å². The first-order valence-electron chi connectivity index (χ1n) is 6.03. The van der Waals surface area contributed by atoms with Crippen LogP contribution in [0.3, 0.4) is 0 Å². The number of ether oxygens (including phenoxy) is 1. The highest BCUT2D eigenvalue weighted by atomic mass is 32.1. The summed E-state index contributed by atoms with van der Waals surface area (Å²) >= 11 is 1.64. The van der Waals surface area contributed by atoms with Gasteiger partial charge in [-0.1, -0.05) is 6.07 Å². The van der Waals surface area contributed by atoms with Crippen LogP contribution in [0.25, 0.3) is 0 Å². The maximum atomic E-state index is 12.2. The van der Waals surface area contributed by atoms with Gasteiger partial charge >= 0.3 is 0 Å². The standard InChI is InChI=1S/C15H17NO2S/c1-15(2,13-5-4-10-19-13)16-14(17)11-6-8-12(18-3)9-7-11/h4-10H,1-3H3,(H,16,17). The van der Waals surface area contributed by atoms with Crippen LogP contribution in [0.1, 0.15) is 29.1 Å². The fraction of sp³-hybridized carbons (Fsp3) is 0.267. The van der Waals surface area contributed by atoms with E-state index in [2.05, 4.69) is 5.32 Å². The number of hydrogen-bond donors (Lipinski definition) is 1. The molecule has 1 N–H and O–H groups in total. The Hall–Kier alpha value is -1.81. The average molecular weight is 275 g/mol. The quantitative estimate of drug-likeness (QED) is 0.928. The van der Waals surface area contributed by atoms with Gasteiger partial charge in [0.15, 0.2) is 0 Å². The molecule has 0 unspecified atom stereocenters. The lowest BCUT2D eigenvalue weighted by molar-refractivity contribution is 0.0913. The largest absolute Gasteiger partial charge is 0.497 e. The molecule has 0 atom stereocenters. The van der Waals surface area contributed by atoms with Gasteiger partial charge in [0, 0.05) is 10.4 Å². The Kier molecular flexibility index (Phi) is 3.90. The first-order chi connectivity index (χ1) is 9.03. The third kappa shape index (κ3) is 3.15. The third-order valence-electron chi connectivity index (χ3n) is 2.92. The van der Waals surface area contributed by atoms with Gasteiger partial charge in [0.1, 0.15) is 5.75 Å². The minimum atomic E-state index is -0.370. The predicted molar refractivity (Wildman–Crippen MR) is 77.8 cm³/mol. The lowest BCUT2D eigenvalue weighted by Crippen LogP contribution is -2.40. The molecular weight excluding hydrogens is 258 g/mol. The molecule has 0 fully saturated rings. The number of thiophene rings is 1. The summed E-state index contributed by atoms with van der Waals surface area (Å²) in [5, 5.41) is 5.05. The molecule has 0 aliphatic carbocycles. The fourth-order valence-electron chi connectivity index (χ4n) is 1.79. The molecule has 0 radical (unpaired) electrons. The molecule has 3 nitrogen and oxygen atoms in total. The zero-order valence-electron chi connectivity index (χ0n) is 11.3. The van der Waals surface area contributed by atoms with Crippen LogP contribution < -0.4 is 10.1 Å². The lowest BCUT2D eigenvalue weighted by Gasteiger charge is -2.25. The monoisotopic (exact) mass is 275 g/mol. The number of rotatable bonds is 4. The van der Waals surface area contributed by atoms with Crippen LogP contribution in [0.15, 0.2) is 41.8 Å². The van der Waals surface area contributed by atoms with Gasteiger partial charge in [0.05, 0.1) is 12.6 Å². The maximum Gasteiger partial charge on any atom is 0.251 e. The van der Waals surface area contributed by atoms with E-state index in [0.29, 0.717) is 5.56 Å². The summed E-state index contributed by atoms with van der Waals surface area (Å²) in [6.07, 6.45) is 0. The molecule has 19 heavy (non-hydrogen) atoms. The summed E-state index contributed by atoms with van der Waals surface area (Å²) in [4.78, 5) is 13.3. The van der Waals surface area contributed by atoms with Crippen LogP contribution in [-0.2, 0) is 5.54 Å². The Bertz CT molecular complexity index is 544. The second-order valence-electron chi connectivity index (χ2n) is 4.78. The molecule has 0 saturated heterocycles. The first kappa shape index (κ1) is 13.6. The van der Waals surface area contributed by atoms with E-state index in [4.69, 9.17) is 4.74 Å². The highest BCUT2D eigenvalue weighted by Crippen LogP contribution is 2.25. The highest BCUT2D eigenvalue weighted by molar-refractivity contribution is 7.10. The zero-order chi connectivity index (χ0) is 13.9. The van der Waals surface area contributed by atoms with Crippen LogP contribution >= 0.6 is 11.3 Å². The van der Waals surface area contributed by atoms with Crippen molar-refractivity contribution in [2.24, 2.45) is 0 Å². The van der Waals surface area contributed by atoms with Gasteiger partial charge in [-0.25, -0.2) is 0 Å². The summed E-state index contributed by atoms with van der Waals surface area (Å²) in [5.74, 6) is 0.662. The van der Waals surface area contributed by atoms with Gasteiger partial charge in [0.25, 0.3) is 5.91 Å². The van der Waals surface area contributed by atoms with Crippen LogP contribution in [-0.4, -0.2) is 13.0 Å². The Balaban J connectivity index is 2.12. The molecule has 100 valence electrons. The number of benzene rings is 1. The molecule has 1 amide bonds. The number of amides is 1. The summed E-state index contributed by atoms with van der Waals surface area (Å²) < 4.78 is 5.08. The summed E-state index contributed by atoms with van der Waals surface area (Å²) in [5.41, 5.74) is 0.260. The minimum absolute atomic E-state index is 0.0824. The molecule has 1 aromatic heterocycles. The Morgan fingerprint density at radius 1 is 1.21 bits per heavy atom. The van der Waals surface area contributed by atoms with Gasteiger partial charge in [-0.2, -0.15) is 0 Å². The molecule has 0 bridgehead atoms. The summed E-state index contributed by atoms with van der Waals surface area (Å²) in [6.45, 7) is 4.00. The Morgan fingerprint density at radius 3 is 2.42 bits per heavy atom. The molecule has 1 heterocycles. The van der Waals surface area contributed by atoms with Crippen molar-refractivity contribution in [2.75, 3.05) is 7.11 Å². The van der Waals surface area contributed by atoms with E-state index in [-0.39, 0.29) is 11.4 Å². The third-order valence-corrected chi connectivity index (χ3v) is 4.11. The second kappa shape index (κ2) is 5.45. The number of carbonyl (C=O) groups excluding carboxylic acids is 1. The Labute approximate surface area is 117 Å². The first-order valence-corrected chi connectivity index (χ1v) is 6.91. The van der Waals surface area contributed by atoms with Crippen molar-refractivity contribution in [3.05, 3.63) is 52.2 Å². The number of nitrogens with one attached hydrogen (secondary N) is 1. The van der Waals surface area contributed by atoms with Crippen molar-refractivity contribution in [1.82, 2.24) is 5.32 Å². The van der Waals surface area contributed by atoms with E-state index in [9.17, 15) is 4.79 Å². The van der Waals surface area contributed by atoms with Crippen LogP contribution in [0.4, 0.5) is 0 Å². The molecule has 2 rings (SSSR count). The molecule has 0 saturated carbocycles. The Morgan fingerprint density at radius 2 is 1.89 bits per heavy atom. The van der Waals surface area contributed by atoms with E-state index in [0.717, 1.165) is 10.6 Å². The van der Waals surface area contributed by atoms with Crippen LogP contribution in [0.2, 0.25) is 0 Å². The van der Waals surface area contributed by atoms with Crippen molar-refractivity contribution in [2.45, 2.75) is 19.4 Å². The second-order valence-corrected chi connectivity index (χ2v) is 5.73. The molecule has 0 aliphatic rings. The van der Waals surface area contributed by atoms with Gasteiger partial charge in [0.2, 0.25) is 0 Å². The predicted octanol–water partition coefficient (Wildman–Crippen LogP) is 3.42.